The highest BCUT2D eigenvalue weighted by atomic mass is 16.5. The number of amides is 1. The highest BCUT2D eigenvalue weighted by Gasteiger charge is 2.15. The van der Waals surface area contributed by atoms with E-state index in [2.05, 4.69) is 25.2 Å². The third kappa shape index (κ3) is 12.7. The topological polar surface area (TPSA) is 84.9 Å². The summed E-state index contributed by atoms with van der Waals surface area (Å²) in [5.41, 5.74) is 0. The van der Waals surface area contributed by atoms with Crippen molar-refractivity contribution in [1.82, 2.24) is 5.32 Å². The number of nitrogens with one attached hydrogen (secondary N) is 1. The van der Waals surface area contributed by atoms with E-state index in [0.717, 1.165) is 39.2 Å². The molecule has 6 heteroatoms. The highest BCUT2D eigenvalue weighted by Crippen LogP contribution is 1.82. The molecule has 0 spiro atoms. The molecule has 0 bridgehead atoms. The minimum atomic E-state index is -1.62. The summed E-state index contributed by atoms with van der Waals surface area (Å²) in [7, 11) is 1.10. The number of methoxy groups -OCH3 is 1. The number of carbonyl (C=O) groups excluding carboxylic acids is 2. The lowest BCUT2D eigenvalue weighted by Crippen LogP contribution is -2.40. The molecule has 0 saturated heterocycles. The van der Waals surface area contributed by atoms with Crippen LogP contribution in [0.15, 0.2) is 12.7 Å². The summed E-state index contributed by atoms with van der Waals surface area (Å²) in [6.07, 6.45) is 1.59. The Balaban J connectivity index is 0. The molecule has 2 N–H and O–H groups in total. The number of esters is 1. The normalized spacial score (nSPS) is 10.7. The van der Waals surface area contributed by atoms with E-state index in [4.69, 9.17) is 9.84 Å². The van der Waals surface area contributed by atoms with Crippen molar-refractivity contribution in [2.45, 2.75) is 32.9 Å². The van der Waals surface area contributed by atoms with E-state index in [0.29, 0.717) is 0 Å². The van der Waals surface area contributed by atoms with Crippen LogP contribution in [0.25, 0.3) is 0 Å². The molecule has 0 aromatic heterocycles. The third-order valence-corrected chi connectivity index (χ3v) is 1.59. The Kier molecular flexibility index (Phi) is 14.4. The number of rotatable bonds is 7. The van der Waals surface area contributed by atoms with Crippen LogP contribution >= 0.6 is 0 Å². The van der Waals surface area contributed by atoms with Gasteiger partial charge in [0.25, 0.3) is 0 Å². The number of carbonyl (C=O) groups is 2. The predicted molar refractivity (Wildman–Crippen MR) is 67.8 cm³/mol. The smallest absolute Gasteiger partial charge is 0.356 e. The Morgan fingerprint density at radius 2 is 1.83 bits per heavy atom. The quantitative estimate of drug-likeness (QED) is 0.303. The van der Waals surface area contributed by atoms with Gasteiger partial charge in [0.1, 0.15) is 0 Å². The van der Waals surface area contributed by atoms with E-state index < -0.39 is 18.1 Å². The summed E-state index contributed by atoms with van der Waals surface area (Å²) < 4.78 is 9.25. The fourth-order valence-corrected chi connectivity index (χ4v) is 0.755. The second kappa shape index (κ2) is 13.7. The van der Waals surface area contributed by atoms with Gasteiger partial charge >= 0.3 is 5.97 Å². The van der Waals surface area contributed by atoms with Gasteiger partial charge < -0.3 is 19.9 Å². The molecule has 0 heterocycles. The van der Waals surface area contributed by atoms with E-state index in [-0.39, 0.29) is 0 Å². The molecule has 0 aliphatic carbocycles. The van der Waals surface area contributed by atoms with Gasteiger partial charge in [-0.1, -0.05) is 20.4 Å². The molecule has 1 atom stereocenters. The summed E-state index contributed by atoms with van der Waals surface area (Å²) in [5.74, 6) is -1.55. The summed E-state index contributed by atoms with van der Waals surface area (Å²) in [6, 6.07) is 0. The van der Waals surface area contributed by atoms with Crippen LogP contribution < -0.4 is 5.32 Å². The zero-order valence-corrected chi connectivity index (χ0v) is 11.3. The lowest BCUT2D eigenvalue weighted by molar-refractivity contribution is -0.154. The number of hydrogen-bond acceptors (Lipinski definition) is 5. The van der Waals surface area contributed by atoms with Gasteiger partial charge in [0, 0.05) is 13.2 Å². The van der Waals surface area contributed by atoms with Gasteiger partial charge in [-0.2, -0.15) is 0 Å². The molecule has 0 fully saturated rings. The summed E-state index contributed by atoms with van der Waals surface area (Å²) >= 11 is 0. The van der Waals surface area contributed by atoms with Crippen molar-refractivity contribution >= 4 is 11.9 Å². The van der Waals surface area contributed by atoms with Crippen LogP contribution in [0.1, 0.15) is 26.7 Å². The van der Waals surface area contributed by atoms with E-state index in [1.807, 2.05) is 5.32 Å². The highest BCUT2D eigenvalue weighted by molar-refractivity contribution is 5.90. The van der Waals surface area contributed by atoms with Crippen molar-refractivity contribution in [2.75, 3.05) is 20.3 Å². The van der Waals surface area contributed by atoms with Gasteiger partial charge in [-0.3, -0.25) is 4.79 Å². The van der Waals surface area contributed by atoms with Crippen molar-refractivity contribution in [2.24, 2.45) is 0 Å². The number of hydrogen-bond donors (Lipinski definition) is 2. The first kappa shape index (κ1) is 19.0. The van der Waals surface area contributed by atoms with Gasteiger partial charge in [-0.25, -0.2) is 4.79 Å². The molecule has 0 aromatic rings. The lowest BCUT2D eigenvalue weighted by atomic mass is 10.5. The maximum Gasteiger partial charge on any atom is 0.356 e. The zero-order valence-electron chi connectivity index (χ0n) is 11.3. The van der Waals surface area contributed by atoms with Crippen LogP contribution in [-0.4, -0.2) is 43.5 Å². The molecule has 6 nitrogen and oxygen atoms in total. The minimum Gasteiger partial charge on any atom is -0.466 e. The summed E-state index contributed by atoms with van der Waals surface area (Å²) in [5, 5.41) is 10.7. The molecular weight excluding hydrogens is 238 g/mol. The Morgan fingerprint density at radius 3 is 2.17 bits per heavy atom. The molecule has 0 saturated carbocycles. The summed E-state index contributed by atoms with van der Waals surface area (Å²) in [4.78, 5) is 20.9. The van der Waals surface area contributed by atoms with Gasteiger partial charge in [-0.05, 0) is 18.9 Å². The van der Waals surface area contributed by atoms with Gasteiger partial charge in [0.2, 0.25) is 12.1 Å². The molecule has 1 unspecified atom stereocenters. The van der Waals surface area contributed by atoms with Gasteiger partial charge in [-0.15, -0.1) is 0 Å². The van der Waals surface area contributed by atoms with Gasteiger partial charge in [0.05, 0.1) is 7.11 Å². The van der Waals surface area contributed by atoms with E-state index in [1.54, 1.807) is 0 Å². The van der Waals surface area contributed by atoms with Crippen LogP contribution in [0, 0.1) is 0 Å². The first-order chi connectivity index (χ1) is 8.53. The molecule has 0 aliphatic rings. The molecule has 0 rings (SSSR count). The first-order valence-electron chi connectivity index (χ1n) is 5.79. The lowest BCUT2D eigenvalue weighted by Gasteiger charge is -2.07. The summed E-state index contributed by atoms with van der Waals surface area (Å²) in [6.45, 7) is 9.21. The second-order valence-corrected chi connectivity index (χ2v) is 3.25. The monoisotopic (exact) mass is 261 g/mol. The van der Waals surface area contributed by atoms with Crippen molar-refractivity contribution in [3.8, 4) is 0 Å². The molecule has 0 radical (unpaired) electrons. The van der Waals surface area contributed by atoms with E-state index >= 15 is 0 Å². The average Bonchev–Trinajstić information content (AvgIpc) is 2.38. The van der Waals surface area contributed by atoms with Crippen molar-refractivity contribution in [1.29, 1.82) is 0 Å². The molecule has 106 valence electrons. The van der Waals surface area contributed by atoms with Crippen molar-refractivity contribution in [3.05, 3.63) is 12.7 Å². The fourth-order valence-electron chi connectivity index (χ4n) is 0.755. The largest absolute Gasteiger partial charge is 0.466 e. The van der Waals surface area contributed by atoms with Crippen LogP contribution in [0.3, 0.4) is 0 Å². The molecule has 1 amide bonds. The maximum absolute atomic E-state index is 10.4. The Hall–Kier alpha value is -1.40. The van der Waals surface area contributed by atoms with E-state index in [9.17, 15) is 9.59 Å². The number of aliphatic hydroxyl groups is 1. The molecular formula is C12H23NO5. The zero-order chi connectivity index (χ0) is 14.4. The third-order valence-electron chi connectivity index (χ3n) is 1.59. The standard InChI is InChI=1S/C6H9NO4.C6H14O/c1-3-4(8)7-5(9)6(10)11-2;1-3-5-7-6-4-2/h3,5,9H,1H2,2H3,(H,7,8);3-6H2,1-2H3. The first-order valence-corrected chi connectivity index (χ1v) is 5.79. The number of aliphatic hydroxyl groups excluding tert-OH is 1. The van der Waals surface area contributed by atoms with Crippen LogP contribution in [-0.2, 0) is 19.1 Å². The van der Waals surface area contributed by atoms with Crippen molar-refractivity contribution < 1.29 is 24.2 Å². The molecule has 18 heavy (non-hydrogen) atoms. The Bertz CT molecular complexity index is 239. The molecule has 0 aliphatic heterocycles. The molecule has 0 aromatic carbocycles. The van der Waals surface area contributed by atoms with Crippen LogP contribution in [0.4, 0.5) is 0 Å². The average molecular weight is 261 g/mol. The van der Waals surface area contributed by atoms with Gasteiger partial charge in [0.15, 0.2) is 0 Å². The number of ether oxygens (including phenoxy) is 2. The Labute approximate surface area is 108 Å². The van der Waals surface area contributed by atoms with Crippen molar-refractivity contribution in [3.63, 3.8) is 0 Å². The maximum atomic E-state index is 10.4. The minimum absolute atomic E-state index is 0.636. The van der Waals surface area contributed by atoms with E-state index in [1.165, 1.54) is 0 Å². The fraction of sp³-hybridized carbons (Fsp3) is 0.667. The predicted octanol–water partition coefficient (Wildman–Crippen LogP) is 0.603. The SMILES string of the molecule is C=CC(=O)NC(O)C(=O)OC.CCCOCCC. The Morgan fingerprint density at radius 1 is 1.33 bits per heavy atom. The van der Waals surface area contributed by atoms with Crippen LogP contribution in [0.5, 0.6) is 0 Å². The second-order valence-electron chi connectivity index (χ2n) is 3.25. The van der Waals surface area contributed by atoms with Crippen LogP contribution in [0.2, 0.25) is 0 Å².